The van der Waals surface area contributed by atoms with E-state index in [0.717, 1.165) is 6.08 Å². The van der Waals surface area contributed by atoms with E-state index in [4.69, 9.17) is 9.15 Å². The van der Waals surface area contributed by atoms with Crippen LogP contribution in [0.25, 0.3) is 0 Å². The number of alkyl halides is 2. The zero-order valence-corrected chi connectivity index (χ0v) is 20.6. The van der Waals surface area contributed by atoms with Gasteiger partial charge in [0.1, 0.15) is 6.17 Å². The van der Waals surface area contributed by atoms with Crippen LogP contribution < -0.4 is 0 Å². The maximum atomic E-state index is 17.3. The lowest BCUT2D eigenvalue weighted by atomic mass is 9.44. The molecule has 4 unspecified atom stereocenters. The summed E-state index contributed by atoms with van der Waals surface area (Å²) in [6, 6.07) is 2.91. The second-order valence-electron chi connectivity index (χ2n) is 10.9. The smallest absolute Gasteiger partial charge is 0.375 e. The number of halogens is 2. The van der Waals surface area contributed by atoms with Crippen molar-refractivity contribution in [1.82, 2.24) is 0 Å². The quantitative estimate of drug-likeness (QED) is 0.472. The number of fused-ring (bicyclic) bond motifs is 5. The number of thiol groups is 1. The van der Waals surface area contributed by atoms with Crippen molar-refractivity contribution in [3.63, 3.8) is 0 Å². The first-order valence-electron chi connectivity index (χ1n) is 11.8. The molecule has 3 fully saturated rings. The Morgan fingerprint density at radius 3 is 2.60 bits per heavy atom. The Bertz CT molecular complexity index is 1160. The second kappa shape index (κ2) is 7.62. The van der Waals surface area contributed by atoms with Gasteiger partial charge in [-0.05, 0) is 62.0 Å². The molecule has 0 aromatic carbocycles. The number of carbonyl (C=O) groups is 3. The zero-order valence-electron chi connectivity index (χ0n) is 19.7. The van der Waals surface area contributed by atoms with Crippen LogP contribution in [0.15, 0.2) is 46.6 Å². The van der Waals surface area contributed by atoms with Crippen molar-refractivity contribution < 1.29 is 37.4 Å². The number of aliphatic hydroxyl groups excluding tert-OH is 1. The van der Waals surface area contributed by atoms with Crippen molar-refractivity contribution in [1.29, 1.82) is 0 Å². The summed E-state index contributed by atoms with van der Waals surface area (Å²) in [5.74, 6) is -3.57. The summed E-state index contributed by atoms with van der Waals surface area (Å²) in [6.45, 7) is 4.93. The molecule has 188 valence electrons. The molecule has 6 nitrogen and oxygen atoms in total. The molecule has 0 amide bonds. The van der Waals surface area contributed by atoms with Gasteiger partial charge in [0.25, 0.3) is 0 Å². The maximum Gasteiger partial charge on any atom is 0.375 e. The van der Waals surface area contributed by atoms with E-state index in [-0.39, 0.29) is 30.6 Å². The normalized spacial score (nSPS) is 46.3. The Balaban J connectivity index is 1.62. The monoisotopic (exact) mass is 506 g/mol. The van der Waals surface area contributed by atoms with Crippen LogP contribution in [0.5, 0.6) is 0 Å². The number of allylic oxidation sites excluding steroid dienone is 4. The molecule has 0 spiro atoms. The molecule has 3 saturated carbocycles. The number of esters is 1. The van der Waals surface area contributed by atoms with Crippen molar-refractivity contribution >= 4 is 29.5 Å². The number of rotatable bonds is 3. The second-order valence-corrected chi connectivity index (χ2v) is 11.3. The van der Waals surface area contributed by atoms with Crippen LogP contribution in [0.3, 0.4) is 0 Å². The van der Waals surface area contributed by atoms with Gasteiger partial charge in [0.2, 0.25) is 10.9 Å². The number of furan rings is 1. The fourth-order valence-electron chi connectivity index (χ4n) is 7.83. The van der Waals surface area contributed by atoms with Crippen LogP contribution in [0, 0.1) is 28.6 Å². The Hall–Kier alpha value is -2.26. The fraction of sp³-hybridized carbons (Fsp3) is 0.577. The molecule has 1 heterocycles. The van der Waals surface area contributed by atoms with Crippen LogP contribution in [0.1, 0.15) is 50.6 Å². The maximum absolute atomic E-state index is 17.3. The molecule has 1 aromatic heterocycles. The SMILES string of the molecule is CC1C[C@H]2[C@@H]3CC(F)C4=CC(=O)C=C[C@]4(C)[C@@]3(F)C(O)C[C@]2(C)C1(OC(=O)c1ccco1)C(=O)S. The molecule has 0 saturated heterocycles. The van der Waals surface area contributed by atoms with E-state index in [0.29, 0.717) is 0 Å². The Morgan fingerprint density at radius 1 is 1.26 bits per heavy atom. The molecule has 4 aliphatic rings. The minimum absolute atomic E-state index is 0.0261. The van der Waals surface area contributed by atoms with Crippen LogP contribution in [-0.2, 0) is 14.3 Å². The number of carbonyl (C=O) groups excluding carboxylic acids is 3. The molecule has 5 rings (SSSR count). The lowest BCUT2D eigenvalue weighted by Crippen LogP contribution is -2.70. The van der Waals surface area contributed by atoms with Gasteiger partial charge in [-0.15, -0.1) is 12.6 Å². The highest BCUT2D eigenvalue weighted by molar-refractivity contribution is 7.96. The van der Waals surface area contributed by atoms with Gasteiger partial charge < -0.3 is 14.3 Å². The van der Waals surface area contributed by atoms with Gasteiger partial charge in [-0.3, -0.25) is 9.59 Å². The largest absolute Gasteiger partial charge is 0.457 e. The van der Waals surface area contributed by atoms with E-state index in [9.17, 15) is 19.5 Å². The topological polar surface area (TPSA) is 93.8 Å². The van der Waals surface area contributed by atoms with Gasteiger partial charge in [-0.1, -0.05) is 19.9 Å². The third-order valence-corrected chi connectivity index (χ3v) is 9.79. The van der Waals surface area contributed by atoms with Crippen molar-refractivity contribution in [2.75, 3.05) is 0 Å². The zero-order chi connectivity index (χ0) is 25.6. The van der Waals surface area contributed by atoms with Gasteiger partial charge in [0.05, 0.1) is 12.4 Å². The molecular weight excluding hydrogens is 478 g/mol. The summed E-state index contributed by atoms with van der Waals surface area (Å²) in [6.07, 6.45) is 1.58. The standard InChI is InChI=1S/C26H28F2O6S/c1-13-9-15-16-11-18(27)17-10-14(29)6-7-23(17,2)25(16,28)20(30)12-24(15,3)26(13,22(32)35)34-21(31)19-5-4-8-33-19/h4-8,10,13,15-16,18,20,30H,9,11-12H2,1-3H3,(H,32,35)/t13?,15-,16-,18?,20?,23-,24-,25-,26?/m0/s1. The Labute approximate surface area is 207 Å². The fourth-order valence-corrected chi connectivity index (χ4v) is 8.35. The first kappa shape index (κ1) is 24.4. The minimum atomic E-state index is -2.29. The number of hydrogen-bond acceptors (Lipinski definition) is 6. The van der Waals surface area contributed by atoms with Gasteiger partial charge in [0.15, 0.2) is 17.1 Å². The molecule has 4 aliphatic carbocycles. The minimum Gasteiger partial charge on any atom is -0.457 e. The number of hydrogen-bond donors (Lipinski definition) is 2. The molecule has 35 heavy (non-hydrogen) atoms. The molecule has 0 aliphatic heterocycles. The Kier molecular flexibility index (Phi) is 5.32. The third-order valence-electron chi connectivity index (χ3n) is 9.46. The average Bonchev–Trinajstić information content (AvgIpc) is 3.39. The van der Waals surface area contributed by atoms with Crippen molar-refractivity contribution in [3.05, 3.63) is 48.0 Å². The molecule has 1 N–H and O–H groups in total. The number of ketones is 1. The molecule has 9 atom stereocenters. The number of aliphatic hydroxyl groups is 1. The highest BCUT2D eigenvalue weighted by Gasteiger charge is 2.78. The van der Waals surface area contributed by atoms with Crippen molar-refractivity contribution in [2.24, 2.45) is 28.6 Å². The van der Waals surface area contributed by atoms with Crippen LogP contribution in [-0.4, -0.2) is 45.5 Å². The average molecular weight is 507 g/mol. The van der Waals surface area contributed by atoms with Gasteiger partial charge >= 0.3 is 5.97 Å². The molecular formula is C26H28F2O6S. The highest BCUT2D eigenvalue weighted by Crippen LogP contribution is 2.71. The summed E-state index contributed by atoms with van der Waals surface area (Å²) in [5, 5.41) is 10.7. The summed E-state index contributed by atoms with van der Waals surface area (Å²) in [5.41, 5.74) is -6.80. The molecule has 9 heteroatoms. The van der Waals surface area contributed by atoms with E-state index in [1.54, 1.807) is 13.8 Å². The lowest BCUT2D eigenvalue weighted by molar-refractivity contribution is -0.221. The van der Waals surface area contributed by atoms with E-state index in [2.05, 4.69) is 12.6 Å². The molecule has 1 aromatic rings. The third kappa shape index (κ3) is 2.88. The van der Waals surface area contributed by atoms with Crippen LogP contribution in [0.4, 0.5) is 8.78 Å². The Morgan fingerprint density at radius 2 is 1.97 bits per heavy atom. The van der Waals surface area contributed by atoms with E-state index < -0.39 is 69.0 Å². The van der Waals surface area contributed by atoms with Crippen LogP contribution >= 0.6 is 12.6 Å². The predicted molar refractivity (Wildman–Crippen MR) is 124 cm³/mol. The predicted octanol–water partition coefficient (Wildman–Crippen LogP) is 4.20. The van der Waals surface area contributed by atoms with E-state index in [1.165, 1.54) is 37.5 Å². The first-order valence-corrected chi connectivity index (χ1v) is 12.2. The number of ether oxygens (including phenoxy) is 1. The van der Waals surface area contributed by atoms with Crippen molar-refractivity contribution in [3.8, 4) is 0 Å². The highest BCUT2D eigenvalue weighted by atomic mass is 32.1. The first-order chi connectivity index (χ1) is 16.3. The van der Waals surface area contributed by atoms with E-state index >= 15 is 8.78 Å². The summed E-state index contributed by atoms with van der Waals surface area (Å²) in [7, 11) is 0. The summed E-state index contributed by atoms with van der Waals surface area (Å²) < 4.78 is 43.8. The lowest BCUT2D eigenvalue weighted by Gasteiger charge is -2.63. The summed E-state index contributed by atoms with van der Waals surface area (Å²) >= 11 is 4.11. The van der Waals surface area contributed by atoms with E-state index in [1.807, 2.05) is 0 Å². The van der Waals surface area contributed by atoms with Gasteiger partial charge in [0, 0.05) is 22.7 Å². The van der Waals surface area contributed by atoms with Gasteiger partial charge in [-0.2, -0.15) is 0 Å². The molecule has 0 bridgehead atoms. The van der Waals surface area contributed by atoms with Gasteiger partial charge in [-0.25, -0.2) is 13.6 Å². The van der Waals surface area contributed by atoms with Crippen molar-refractivity contribution in [2.45, 2.75) is 63.6 Å². The molecule has 0 radical (unpaired) electrons. The van der Waals surface area contributed by atoms with Crippen LogP contribution in [0.2, 0.25) is 0 Å². The summed E-state index contributed by atoms with van der Waals surface area (Å²) in [4.78, 5) is 38.0.